The standard InChI is InChI=1S/C27H28N4O3S3/c1-19-5-4-14-30(17-19)37(33,34)23-10-7-21(8-11-23)26(32)31(18-20-6-3-13-28-16-20)27-29-24-12-9-22(35-2)15-25(24)36-27/h3,6-13,15-16,19H,4-5,14,17-18H2,1-2H3. The second-order valence-electron chi connectivity index (χ2n) is 9.22. The Morgan fingerprint density at radius 3 is 2.70 bits per heavy atom. The summed E-state index contributed by atoms with van der Waals surface area (Å²) in [5, 5.41) is 0.584. The van der Waals surface area contributed by atoms with Gasteiger partial charge in [0.2, 0.25) is 10.0 Å². The number of amides is 1. The highest BCUT2D eigenvalue weighted by atomic mass is 32.2. The molecule has 0 aliphatic carbocycles. The first kappa shape index (κ1) is 25.8. The van der Waals surface area contributed by atoms with Crippen LogP contribution in [0.15, 0.2) is 76.8 Å². The fraction of sp³-hybridized carbons (Fsp3) is 0.296. The Hall–Kier alpha value is -2.79. The van der Waals surface area contributed by atoms with E-state index in [1.165, 1.54) is 23.5 Å². The minimum absolute atomic E-state index is 0.210. The molecule has 5 rings (SSSR count). The predicted octanol–water partition coefficient (Wildman–Crippen LogP) is 5.68. The maximum absolute atomic E-state index is 13.8. The molecule has 2 aromatic carbocycles. The second-order valence-corrected chi connectivity index (χ2v) is 13.0. The van der Waals surface area contributed by atoms with Crippen LogP contribution < -0.4 is 4.90 Å². The number of carbonyl (C=O) groups is 1. The number of hydrogen-bond acceptors (Lipinski definition) is 7. The molecule has 1 saturated heterocycles. The number of anilines is 1. The third kappa shape index (κ3) is 5.57. The molecule has 2 aromatic heterocycles. The number of sulfonamides is 1. The molecule has 10 heteroatoms. The van der Waals surface area contributed by atoms with E-state index in [-0.39, 0.29) is 10.8 Å². The van der Waals surface area contributed by atoms with Crippen molar-refractivity contribution in [1.82, 2.24) is 14.3 Å². The van der Waals surface area contributed by atoms with Crippen molar-refractivity contribution < 1.29 is 13.2 Å². The van der Waals surface area contributed by atoms with Gasteiger partial charge in [0.05, 0.1) is 21.7 Å². The average Bonchev–Trinajstić information content (AvgIpc) is 3.35. The van der Waals surface area contributed by atoms with Crippen molar-refractivity contribution in [3.8, 4) is 0 Å². The summed E-state index contributed by atoms with van der Waals surface area (Å²) in [5.41, 5.74) is 2.11. The summed E-state index contributed by atoms with van der Waals surface area (Å²) in [7, 11) is -3.59. The number of piperidine rings is 1. The van der Waals surface area contributed by atoms with Gasteiger partial charge in [-0.25, -0.2) is 13.4 Å². The van der Waals surface area contributed by atoms with Gasteiger partial charge in [-0.05, 0) is 79.1 Å². The van der Waals surface area contributed by atoms with Crippen LogP contribution in [0.3, 0.4) is 0 Å². The number of thioether (sulfide) groups is 1. The Kier molecular flexibility index (Phi) is 7.62. The highest BCUT2D eigenvalue weighted by molar-refractivity contribution is 7.98. The number of benzene rings is 2. The molecule has 1 amide bonds. The topological polar surface area (TPSA) is 83.5 Å². The van der Waals surface area contributed by atoms with Crippen LogP contribution in [-0.2, 0) is 16.6 Å². The number of carbonyl (C=O) groups excluding carboxylic acids is 1. The van der Waals surface area contributed by atoms with Crippen molar-refractivity contribution >= 4 is 54.4 Å². The van der Waals surface area contributed by atoms with Gasteiger partial charge in [-0.3, -0.25) is 14.7 Å². The number of rotatable bonds is 7. The Morgan fingerprint density at radius 1 is 1.19 bits per heavy atom. The summed E-state index contributed by atoms with van der Waals surface area (Å²) >= 11 is 3.12. The summed E-state index contributed by atoms with van der Waals surface area (Å²) in [6, 6.07) is 16.1. The lowest BCUT2D eigenvalue weighted by Crippen LogP contribution is -2.39. The highest BCUT2D eigenvalue weighted by Crippen LogP contribution is 2.33. The van der Waals surface area contributed by atoms with Gasteiger partial charge in [0.1, 0.15) is 0 Å². The molecular formula is C27H28N4O3S3. The minimum Gasteiger partial charge on any atom is -0.279 e. The van der Waals surface area contributed by atoms with E-state index in [4.69, 9.17) is 4.98 Å². The van der Waals surface area contributed by atoms with Crippen LogP contribution in [0.4, 0.5) is 5.13 Å². The smallest absolute Gasteiger partial charge is 0.260 e. The monoisotopic (exact) mass is 552 g/mol. The van der Waals surface area contributed by atoms with E-state index in [1.54, 1.807) is 45.5 Å². The number of thiazole rings is 1. The molecule has 0 spiro atoms. The van der Waals surface area contributed by atoms with Crippen molar-refractivity contribution in [2.75, 3.05) is 24.2 Å². The van der Waals surface area contributed by atoms with Crippen molar-refractivity contribution in [3.63, 3.8) is 0 Å². The van der Waals surface area contributed by atoms with E-state index in [0.717, 1.165) is 33.5 Å². The van der Waals surface area contributed by atoms with Gasteiger partial charge in [0.25, 0.3) is 5.91 Å². The van der Waals surface area contributed by atoms with Gasteiger partial charge < -0.3 is 0 Å². The first-order valence-corrected chi connectivity index (χ1v) is 15.6. The third-order valence-corrected chi connectivity index (χ3v) is 10.1. The van der Waals surface area contributed by atoms with E-state index < -0.39 is 10.0 Å². The molecular weight excluding hydrogens is 525 g/mol. The Labute approximate surface area is 225 Å². The molecule has 0 bridgehead atoms. The van der Waals surface area contributed by atoms with Gasteiger partial charge >= 0.3 is 0 Å². The normalized spacial score (nSPS) is 16.6. The van der Waals surface area contributed by atoms with Crippen LogP contribution in [0.1, 0.15) is 35.7 Å². The lowest BCUT2D eigenvalue weighted by atomic mass is 10.0. The van der Waals surface area contributed by atoms with Crippen molar-refractivity contribution in [1.29, 1.82) is 0 Å². The number of pyridine rings is 1. The zero-order valence-corrected chi connectivity index (χ0v) is 23.2. The van der Waals surface area contributed by atoms with E-state index in [1.807, 2.05) is 30.5 Å². The Morgan fingerprint density at radius 2 is 2.00 bits per heavy atom. The molecule has 3 heterocycles. The van der Waals surface area contributed by atoms with Crippen molar-refractivity contribution in [3.05, 3.63) is 78.1 Å². The van der Waals surface area contributed by atoms with Crippen molar-refractivity contribution in [2.45, 2.75) is 36.1 Å². The van der Waals surface area contributed by atoms with Crippen LogP contribution in [0.2, 0.25) is 0 Å². The van der Waals surface area contributed by atoms with Gasteiger partial charge in [-0.15, -0.1) is 11.8 Å². The van der Waals surface area contributed by atoms with Gasteiger partial charge in [0.15, 0.2) is 5.13 Å². The fourth-order valence-electron chi connectivity index (χ4n) is 4.47. The molecule has 0 radical (unpaired) electrons. The Bertz CT molecular complexity index is 1510. The first-order chi connectivity index (χ1) is 17.8. The number of fused-ring (bicyclic) bond motifs is 1. The molecule has 192 valence electrons. The molecule has 0 N–H and O–H groups in total. The molecule has 7 nitrogen and oxygen atoms in total. The quantitative estimate of drug-likeness (QED) is 0.274. The summed E-state index contributed by atoms with van der Waals surface area (Å²) in [6.45, 7) is 3.43. The highest BCUT2D eigenvalue weighted by Gasteiger charge is 2.29. The van der Waals surface area contributed by atoms with Crippen LogP contribution >= 0.6 is 23.1 Å². The van der Waals surface area contributed by atoms with Crippen LogP contribution in [0, 0.1) is 5.92 Å². The number of aromatic nitrogens is 2. The maximum Gasteiger partial charge on any atom is 0.260 e. The maximum atomic E-state index is 13.8. The average molecular weight is 553 g/mol. The molecule has 1 aliphatic rings. The summed E-state index contributed by atoms with van der Waals surface area (Å²) in [6.07, 6.45) is 7.35. The molecule has 1 aliphatic heterocycles. The fourth-order valence-corrected chi connectivity index (χ4v) is 7.59. The van der Waals surface area contributed by atoms with Gasteiger partial charge in [0, 0.05) is 35.9 Å². The molecule has 4 aromatic rings. The molecule has 1 atom stereocenters. The lowest BCUT2D eigenvalue weighted by Gasteiger charge is -2.30. The molecule has 0 saturated carbocycles. The predicted molar refractivity (Wildman–Crippen MR) is 150 cm³/mol. The lowest BCUT2D eigenvalue weighted by molar-refractivity contribution is 0.0985. The molecule has 37 heavy (non-hydrogen) atoms. The zero-order valence-electron chi connectivity index (χ0n) is 20.7. The first-order valence-electron chi connectivity index (χ1n) is 12.1. The minimum atomic E-state index is -3.59. The Balaban J connectivity index is 1.46. The third-order valence-electron chi connectivity index (χ3n) is 6.48. The summed E-state index contributed by atoms with van der Waals surface area (Å²) < 4.78 is 28.9. The second kappa shape index (κ2) is 10.9. The number of hydrogen-bond donors (Lipinski definition) is 0. The zero-order chi connectivity index (χ0) is 26.0. The van der Waals surface area contributed by atoms with Crippen LogP contribution in [0.5, 0.6) is 0 Å². The van der Waals surface area contributed by atoms with E-state index >= 15 is 0 Å². The summed E-state index contributed by atoms with van der Waals surface area (Å²) in [4.78, 5) is 25.7. The largest absolute Gasteiger partial charge is 0.279 e. The van der Waals surface area contributed by atoms with E-state index in [2.05, 4.69) is 18.0 Å². The molecule has 1 fully saturated rings. The number of nitrogens with zero attached hydrogens (tertiary/aromatic N) is 4. The van der Waals surface area contributed by atoms with Gasteiger partial charge in [-0.1, -0.05) is 24.3 Å². The van der Waals surface area contributed by atoms with E-state index in [9.17, 15) is 13.2 Å². The molecule has 1 unspecified atom stereocenters. The van der Waals surface area contributed by atoms with Gasteiger partial charge in [-0.2, -0.15) is 4.31 Å². The summed E-state index contributed by atoms with van der Waals surface area (Å²) in [5.74, 6) is 0.0924. The van der Waals surface area contributed by atoms with Crippen molar-refractivity contribution in [2.24, 2.45) is 5.92 Å². The van der Waals surface area contributed by atoms with Crippen LogP contribution in [0.25, 0.3) is 10.2 Å². The van der Waals surface area contributed by atoms with Crippen LogP contribution in [-0.4, -0.2) is 47.9 Å². The SMILES string of the molecule is CSc1ccc2nc(N(Cc3cccnc3)C(=O)c3ccc(S(=O)(=O)N4CCCC(C)C4)cc3)sc2c1. The van der Waals surface area contributed by atoms with E-state index in [0.29, 0.717) is 36.2 Å².